The highest BCUT2D eigenvalue weighted by molar-refractivity contribution is 5.60. The highest BCUT2D eigenvalue weighted by Crippen LogP contribution is 2.54. The maximum Gasteiger partial charge on any atom is 0.511 e. The first-order chi connectivity index (χ1) is 13.2. The average molecular weight is 371 g/mol. The van der Waals surface area contributed by atoms with Gasteiger partial charge in [-0.05, 0) is 80.7 Å². The van der Waals surface area contributed by atoms with E-state index in [-0.39, 0.29) is 12.9 Å². The fourth-order valence-electron chi connectivity index (χ4n) is 5.80. The number of nitrogens with one attached hydrogen (secondary N) is 1. The number of piperidine rings is 1. The predicted octanol–water partition coefficient (Wildman–Crippen LogP) is 4.07. The van der Waals surface area contributed by atoms with Gasteiger partial charge in [-0.3, -0.25) is 0 Å². The molecule has 5 heteroatoms. The Balaban J connectivity index is 1.28. The van der Waals surface area contributed by atoms with Crippen molar-refractivity contribution in [3.63, 3.8) is 0 Å². The van der Waals surface area contributed by atoms with Crippen molar-refractivity contribution in [2.24, 2.45) is 5.92 Å². The standard InChI is InChI=1S/C22H29NO4/c24-21(27-16-4-3-5-16)26-14-25-17-8-7-15-12-20-18-6-1-2-9-22(18,10-11-23-20)19(15)13-17/h7-8,13,16,18,20,23H,1-6,9-12,14H2/t18-,20+,22+/m1/s1. The molecule has 1 aromatic rings. The van der Waals surface area contributed by atoms with Crippen LogP contribution in [-0.2, 0) is 21.3 Å². The molecule has 1 saturated heterocycles. The maximum atomic E-state index is 11.7. The number of benzene rings is 1. The summed E-state index contributed by atoms with van der Waals surface area (Å²) >= 11 is 0. The minimum atomic E-state index is -0.621. The topological polar surface area (TPSA) is 56.8 Å². The van der Waals surface area contributed by atoms with Crippen LogP contribution in [0.5, 0.6) is 5.75 Å². The fourth-order valence-corrected chi connectivity index (χ4v) is 5.80. The molecule has 0 unspecified atom stereocenters. The lowest BCUT2D eigenvalue weighted by molar-refractivity contribution is -0.0328. The van der Waals surface area contributed by atoms with Crippen LogP contribution in [0.3, 0.4) is 0 Å². The second-order valence-corrected chi connectivity index (χ2v) is 8.67. The highest BCUT2D eigenvalue weighted by Gasteiger charge is 2.51. The van der Waals surface area contributed by atoms with Gasteiger partial charge in [0, 0.05) is 11.5 Å². The van der Waals surface area contributed by atoms with Gasteiger partial charge in [0.1, 0.15) is 11.9 Å². The van der Waals surface area contributed by atoms with Crippen LogP contribution in [0.1, 0.15) is 62.5 Å². The third kappa shape index (κ3) is 3.10. The van der Waals surface area contributed by atoms with E-state index in [1.807, 2.05) is 6.07 Å². The molecule has 2 saturated carbocycles. The molecule has 0 amide bonds. The monoisotopic (exact) mass is 371 g/mol. The van der Waals surface area contributed by atoms with E-state index in [2.05, 4.69) is 17.4 Å². The number of carbonyl (C=O) groups is 1. The predicted molar refractivity (Wildman–Crippen MR) is 101 cm³/mol. The molecule has 27 heavy (non-hydrogen) atoms. The minimum absolute atomic E-state index is 0.0384. The number of carbonyl (C=O) groups excluding carboxylic acids is 1. The highest BCUT2D eigenvalue weighted by atomic mass is 16.8. The summed E-state index contributed by atoms with van der Waals surface area (Å²) in [4.78, 5) is 11.7. The van der Waals surface area contributed by atoms with E-state index in [9.17, 15) is 4.79 Å². The van der Waals surface area contributed by atoms with E-state index in [0.717, 1.165) is 43.9 Å². The lowest BCUT2D eigenvalue weighted by Gasteiger charge is -2.56. The van der Waals surface area contributed by atoms with Crippen molar-refractivity contribution >= 4 is 6.16 Å². The summed E-state index contributed by atoms with van der Waals surface area (Å²) in [6, 6.07) is 7.07. The van der Waals surface area contributed by atoms with Crippen molar-refractivity contribution < 1.29 is 19.0 Å². The zero-order valence-electron chi connectivity index (χ0n) is 15.9. The SMILES string of the molecule is O=C(OCOc1ccc2c(c1)[C@]13CCCC[C@@H]1[C@H](C2)NCC3)OC1CCC1. The second-order valence-electron chi connectivity index (χ2n) is 8.67. The van der Waals surface area contributed by atoms with E-state index in [1.165, 1.54) is 43.2 Å². The number of rotatable bonds is 4. The van der Waals surface area contributed by atoms with Gasteiger partial charge >= 0.3 is 6.16 Å². The molecule has 5 rings (SSSR count). The lowest BCUT2D eigenvalue weighted by Crippen LogP contribution is -2.59. The minimum Gasteiger partial charge on any atom is -0.457 e. The largest absolute Gasteiger partial charge is 0.511 e. The first-order valence-electron chi connectivity index (χ1n) is 10.6. The molecule has 146 valence electrons. The molecule has 4 aliphatic rings. The zero-order chi connectivity index (χ0) is 18.3. The second kappa shape index (κ2) is 7.01. The Kier molecular flexibility index (Phi) is 4.50. The fraction of sp³-hybridized carbons (Fsp3) is 0.682. The van der Waals surface area contributed by atoms with E-state index in [0.29, 0.717) is 11.5 Å². The summed E-state index contributed by atoms with van der Waals surface area (Å²) in [5.74, 6) is 1.54. The van der Waals surface area contributed by atoms with E-state index in [4.69, 9.17) is 14.2 Å². The van der Waals surface area contributed by atoms with Crippen molar-refractivity contribution in [2.75, 3.05) is 13.3 Å². The molecule has 2 bridgehead atoms. The van der Waals surface area contributed by atoms with Crippen molar-refractivity contribution in [1.29, 1.82) is 0 Å². The van der Waals surface area contributed by atoms with Crippen LogP contribution in [0.25, 0.3) is 0 Å². The molecule has 0 spiro atoms. The van der Waals surface area contributed by atoms with Crippen LogP contribution in [0, 0.1) is 5.92 Å². The quantitative estimate of drug-likeness (QED) is 0.639. The van der Waals surface area contributed by atoms with Crippen LogP contribution in [0.4, 0.5) is 4.79 Å². The Morgan fingerprint density at radius 2 is 2.07 bits per heavy atom. The summed E-state index contributed by atoms with van der Waals surface area (Å²) in [5.41, 5.74) is 3.26. The third-order valence-corrected chi connectivity index (χ3v) is 7.34. The molecule has 1 N–H and O–H groups in total. The summed E-state index contributed by atoms with van der Waals surface area (Å²) in [6.07, 6.45) is 10.1. The van der Waals surface area contributed by atoms with Gasteiger partial charge in [0.2, 0.25) is 6.79 Å². The van der Waals surface area contributed by atoms with Gasteiger partial charge in [-0.2, -0.15) is 0 Å². The van der Waals surface area contributed by atoms with Crippen LogP contribution in [0.2, 0.25) is 0 Å². The van der Waals surface area contributed by atoms with Crippen molar-refractivity contribution in [2.45, 2.75) is 75.3 Å². The van der Waals surface area contributed by atoms with Gasteiger partial charge in [-0.1, -0.05) is 18.9 Å². The molecule has 1 heterocycles. The molecule has 3 fully saturated rings. The summed E-state index contributed by atoms with van der Waals surface area (Å²) in [5, 5.41) is 3.77. The van der Waals surface area contributed by atoms with Gasteiger partial charge in [-0.25, -0.2) is 4.79 Å². The molecular weight excluding hydrogens is 342 g/mol. The zero-order valence-corrected chi connectivity index (χ0v) is 15.9. The van der Waals surface area contributed by atoms with Crippen molar-refractivity contribution in [3.05, 3.63) is 29.3 Å². The van der Waals surface area contributed by atoms with Crippen LogP contribution < -0.4 is 10.1 Å². The van der Waals surface area contributed by atoms with Crippen LogP contribution in [-0.4, -0.2) is 31.6 Å². The Bertz CT molecular complexity index is 712. The molecule has 0 aromatic heterocycles. The Morgan fingerprint density at radius 3 is 2.93 bits per heavy atom. The molecule has 5 nitrogen and oxygen atoms in total. The van der Waals surface area contributed by atoms with Gasteiger partial charge in [-0.15, -0.1) is 0 Å². The summed E-state index contributed by atoms with van der Waals surface area (Å²) in [6.45, 7) is 1.02. The lowest BCUT2D eigenvalue weighted by atomic mass is 9.53. The number of fused-ring (bicyclic) bond motifs is 1. The maximum absolute atomic E-state index is 11.7. The average Bonchev–Trinajstić information content (AvgIpc) is 2.65. The smallest absolute Gasteiger partial charge is 0.457 e. The molecule has 0 radical (unpaired) electrons. The van der Waals surface area contributed by atoms with E-state index in [1.54, 1.807) is 0 Å². The molecule has 3 atom stereocenters. The van der Waals surface area contributed by atoms with Gasteiger partial charge in [0.25, 0.3) is 0 Å². The Labute approximate surface area is 160 Å². The van der Waals surface area contributed by atoms with Gasteiger partial charge < -0.3 is 19.5 Å². The number of hydrogen-bond acceptors (Lipinski definition) is 5. The normalized spacial score (nSPS) is 31.9. The van der Waals surface area contributed by atoms with Gasteiger partial charge in [0.05, 0.1) is 0 Å². The molecule has 1 aliphatic heterocycles. The van der Waals surface area contributed by atoms with Crippen LogP contribution in [0.15, 0.2) is 18.2 Å². The number of hydrogen-bond donors (Lipinski definition) is 1. The summed E-state index contributed by atoms with van der Waals surface area (Å²) < 4.78 is 16.0. The first-order valence-corrected chi connectivity index (χ1v) is 10.6. The Hall–Kier alpha value is -1.75. The van der Waals surface area contributed by atoms with E-state index >= 15 is 0 Å². The first kappa shape index (κ1) is 17.4. The number of ether oxygens (including phenoxy) is 3. The van der Waals surface area contributed by atoms with Crippen molar-refractivity contribution in [1.82, 2.24) is 5.32 Å². The van der Waals surface area contributed by atoms with Gasteiger partial charge in [0.15, 0.2) is 0 Å². The molecule has 1 aromatic carbocycles. The van der Waals surface area contributed by atoms with E-state index < -0.39 is 6.16 Å². The Morgan fingerprint density at radius 1 is 1.15 bits per heavy atom. The van der Waals surface area contributed by atoms with Crippen LogP contribution >= 0.6 is 0 Å². The molecule has 3 aliphatic carbocycles. The van der Waals surface area contributed by atoms with Crippen molar-refractivity contribution in [3.8, 4) is 5.75 Å². The summed E-state index contributed by atoms with van der Waals surface area (Å²) in [7, 11) is 0. The molecular formula is C22H29NO4. The third-order valence-electron chi connectivity index (χ3n) is 7.34.